The topological polar surface area (TPSA) is 213 Å². The van der Waals surface area contributed by atoms with Crippen molar-refractivity contribution in [3.63, 3.8) is 0 Å². The van der Waals surface area contributed by atoms with E-state index in [1.165, 1.54) is 19.2 Å². The molecule has 0 unspecified atom stereocenters. The molecule has 2 bridgehead atoms. The van der Waals surface area contributed by atoms with Gasteiger partial charge < -0.3 is 54.0 Å². The van der Waals surface area contributed by atoms with Gasteiger partial charge in [-0.05, 0) is 96.5 Å². The molecule has 1 amide bonds. The van der Waals surface area contributed by atoms with E-state index in [9.17, 15) is 34.5 Å². The van der Waals surface area contributed by atoms with Gasteiger partial charge in [0.15, 0.2) is 12.4 Å². The molecule has 12 atom stereocenters. The number of ether oxygens (including phenoxy) is 6. The van der Waals surface area contributed by atoms with Crippen molar-refractivity contribution < 1.29 is 67.3 Å². The van der Waals surface area contributed by atoms with E-state index in [2.05, 4.69) is 10.3 Å². The highest BCUT2D eigenvalue weighted by molar-refractivity contribution is 5.89. The third kappa shape index (κ3) is 8.91. The second-order valence-corrected chi connectivity index (χ2v) is 19.7. The summed E-state index contributed by atoms with van der Waals surface area (Å²) in [6, 6.07) is 8.70. The highest BCUT2D eigenvalue weighted by Gasteiger charge is 2.74. The summed E-state index contributed by atoms with van der Waals surface area (Å²) < 4.78 is 53.5. The number of hydrogen-bond donors (Lipinski definition) is 4. The minimum Gasteiger partial charge on any atom is -0.456 e. The zero-order valence-corrected chi connectivity index (χ0v) is 38.5. The predicted octanol–water partition coefficient (Wildman–Crippen LogP) is 4.94. The highest BCUT2D eigenvalue weighted by atomic mass is 19.1. The maximum atomic E-state index is 15.3. The number of hydrogen-bond acceptors (Lipinski definition) is 15. The van der Waals surface area contributed by atoms with Gasteiger partial charge in [0.2, 0.25) is 0 Å². The molecule has 2 saturated carbocycles. The highest BCUT2D eigenvalue weighted by Crippen LogP contribution is 2.65. The van der Waals surface area contributed by atoms with Crippen molar-refractivity contribution in [2.24, 2.45) is 16.7 Å². The van der Waals surface area contributed by atoms with Crippen LogP contribution in [0, 0.1) is 22.6 Å². The number of fused-ring (bicyclic) bond motifs is 6. The monoisotopic (exact) mass is 897 g/mol. The van der Waals surface area contributed by atoms with Crippen molar-refractivity contribution in [2.45, 2.75) is 154 Å². The van der Waals surface area contributed by atoms with E-state index in [1.807, 2.05) is 25.9 Å². The minimum absolute atomic E-state index is 0.0335. The van der Waals surface area contributed by atoms with Crippen LogP contribution in [-0.2, 0) is 38.0 Å². The fourth-order valence-electron chi connectivity index (χ4n) is 10.7. The predicted molar refractivity (Wildman–Crippen MR) is 228 cm³/mol. The van der Waals surface area contributed by atoms with Crippen LogP contribution in [0.3, 0.4) is 0 Å². The molecule has 3 aliphatic carbocycles. The van der Waals surface area contributed by atoms with Gasteiger partial charge in [0.25, 0.3) is 0 Å². The van der Waals surface area contributed by atoms with Crippen molar-refractivity contribution in [1.82, 2.24) is 15.2 Å². The summed E-state index contributed by atoms with van der Waals surface area (Å²) in [5.74, 6) is -4.97. The van der Waals surface area contributed by atoms with Crippen molar-refractivity contribution in [3.05, 3.63) is 76.9 Å². The molecule has 6 rings (SSSR count). The van der Waals surface area contributed by atoms with Crippen LogP contribution in [0.25, 0.3) is 0 Å². The van der Waals surface area contributed by atoms with Crippen LogP contribution in [-0.4, -0.2) is 130 Å². The second kappa shape index (κ2) is 18.0. The van der Waals surface area contributed by atoms with Gasteiger partial charge in [-0.2, -0.15) is 0 Å². The van der Waals surface area contributed by atoms with Crippen molar-refractivity contribution in [3.8, 4) is 0 Å². The molecule has 3 fully saturated rings. The van der Waals surface area contributed by atoms with Crippen molar-refractivity contribution >= 4 is 24.0 Å². The van der Waals surface area contributed by atoms with E-state index in [1.54, 1.807) is 78.8 Å². The zero-order chi connectivity index (χ0) is 47.3. The molecular formula is C47H64FN3O13. The van der Waals surface area contributed by atoms with E-state index < -0.39 is 124 Å². The summed E-state index contributed by atoms with van der Waals surface area (Å²) >= 11 is 0. The summed E-state index contributed by atoms with van der Waals surface area (Å²) in [4.78, 5) is 61.0. The van der Waals surface area contributed by atoms with E-state index in [-0.39, 0.29) is 24.8 Å². The number of carbonyl (C=O) groups is 4. The number of amides is 1. The number of aliphatic hydroxyl groups is 3. The Kier molecular flexibility index (Phi) is 13.8. The molecule has 1 aliphatic heterocycles. The third-order valence-corrected chi connectivity index (χ3v) is 13.7. The summed E-state index contributed by atoms with van der Waals surface area (Å²) in [6.45, 7) is 15.2. The number of benzene rings is 1. The van der Waals surface area contributed by atoms with Gasteiger partial charge >= 0.3 is 24.0 Å². The maximum Gasteiger partial charge on any atom is 0.408 e. The summed E-state index contributed by atoms with van der Waals surface area (Å²) in [5, 5.41) is 40.1. The number of carbonyl (C=O) groups excluding carboxylic acids is 4. The quantitative estimate of drug-likeness (QED) is 0.134. The number of aromatic nitrogens is 1. The molecule has 0 radical (unpaired) electrons. The Hall–Kier alpha value is -4.52. The fourth-order valence-corrected chi connectivity index (χ4v) is 10.7. The van der Waals surface area contributed by atoms with Crippen molar-refractivity contribution in [2.75, 3.05) is 20.6 Å². The molecule has 2 heterocycles. The average molecular weight is 898 g/mol. The molecule has 2 aromatic rings. The molecule has 1 aromatic heterocycles. The number of nitrogens with one attached hydrogen (secondary N) is 1. The molecular weight excluding hydrogens is 834 g/mol. The standard InChI is InChI=1S/C47H64FN3O13/c1-12-46(63-26(3)52)30(53)20-21-45(9)37(46)39(62-40(55)27-17-14-13-15-18-27)47(58)23-29(25(2)32(44(47,7)8)36-38(45)61-31(60-36)24-51(10)11)59-41(56)35(54)34(33-28(48)19-16-22-49-33)50-42(57)64-43(4,5)6/h13-19,22,29-31,34-39,53-54,58H,12,20-21,23-24H2,1-11H3,(H,50,57)/t29-,30+,31+,34-,35+,36+,37-,38+,39-,45+,46-,47+/m0/s1. The van der Waals surface area contributed by atoms with Gasteiger partial charge in [-0.15, -0.1) is 0 Å². The van der Waals surface area contributed by atoms with E-state index >= 15 is 4.39 Å². The lowest BCUT2D eigenvalue weighted by Gasteiger charge is -2.65. The minimum atomic E-state index is -2.27. The van der Waals surface area contributed by atoms with Gasteiger partial charge in [0, 0.05) is 42.8 Å². The van der Waals surface area contributed by atoms with E-state index in [0.717, 1.165) is 6.07 Å². The molecule has 1 saturated heterocycles. The number of rotatable bonds is 11. The van der Waals surface area contributed by atoms with Gasteiger partial charge in [-0.1, -0.05) is 45.9 Å². The SMILES string of the molecule is CC[C@]1(OC(C)=O)[C@H](O)CC[C@@]2(C)[C@@H]3O[C@H](CN(C)C)O[C@@H]3C3=C(C)[C@@H](OC(=O)[C@H](O)[C@@H](NC(=O)OC(C)(C)C)c4ncccc4F)C[C@@](O)([C@@H](OC(=O)c4ccccc4)[C@@H]21)C3(C)C. The maximum absolute atomic E-state index is 15.3. The lowest BCUT2D eigenvalue weighted by molar-refractivity contribution is -0.286. The van der Waals surface area contributed by atoms with Gasteiger partial charge in [-0.3, -0.25) is 9.78 Å². The first-order chi connectivity index (χ1) is 29.8. The van der Waals surface area contributed by atoms with Crippen LogP contribution >= 0.6 is 0 Å². The Balaban J connectivity index is 1.55. The number of aliphatic hydroxyl groups excluding tert-OH is 2. The Bertz CT molecular complexity index is 2110. The Labute approximate surface area is 373 Å². The van der Waals surface area contributed by atoms with Crippen LogP contribution in [0.1, 0.15) is 110 Å². The number of likely N-dealkylation sites (N-methyl/N-ethyl adjacent to an activating group) is 1. The summed E-state index contributed by atoms with van der Waals surface area (Å²) in [6.07, 6.45) is -9.04. The molecule has 1 aromatic carbocycles. The first kappa shape index (κ1) is 48.9. The Morgan fingerprint density at radius 3 is 2.31 bits per heavy atom. The second-order valence-electron chi connectivity index (χ2n) is 19.7. The van der Waals surface area contributed by atoms with Crippen LogP contribution in [0.5, 0.6) is 0 Å². The van der Waals surface area contributed by atoms with Gasteiger partial charge in [0.1, 0.15) is 52.7 Å². The molecule has 352 valence electrons. The number of alkyl carbamates (subject to hydrolysis) is 1. The zero-order valence-electron chi connectivity index (χ0n) is 38.5. The normalized spacial score (nSPS) is 33.1. The van der Waals surface area contributed by atoms with E-state index in [4.69, 9.17) is 28.4 Å². The lowest BCUT2D eigenvalue weighted by Crippen LogP contribution is -2.75. The van der Waals surface area contributed by atoms with Crippen molar-refractivity contribution in [1.29, 1.82) is 0 Å². The molecule has 16 nitrogen and oxygen atoms in total. The van der Waals surface area contributed by atoms with Crippen LogP contribution in [0.15, 0.2) is 59.8 Å². The first-order valence-electron chi connectivity index (χ1n) is 21.8. The Morgan fingerprint density at radius 2 is 1.72 bits per heavy atom. The number of esters is 3. The molecule has 4 N–H and O–H groups in total. The third-order valence-electron chi connectivity index (χ3n) is 13.7. The Morgan fingerprint density at radius 1 is 1.05 bits per heavy atom. The van der Waals surface area contributed by atoms with Gasteiger partial charge in [0.05, 0.1) is 17.8 Å². The number of halogens is 1. The lowest BCUT2D eigenvalue weighted by atomic mass is 9.45. The van der Waals surface area contributed by atoms with Crippen LogP contribution < -0.4 is 5.32 Å². The largest absolute Gasteiger partial charge is 0.456 e. The fraction of sp³-hybridized carbons (Fsp3) is 0.638. The smallest absolute Gasteiger partial charge is 0.408 e. The summed E-state index contributed by atoms with van der Waals surface area (Å²) in [7, 11) is 3.71. The number of nitrogens with zero attached hydrogens (tertiary/aromatic N) is 2. The molecule has 0 spiro atoms. The number of pyridine rings is 1. The first-order valence-corrected chi connectivity index (χ1v) is 21.8. The summed E-state index contributed by atoms with van der Waals surface area (Å²) in [5.41, 5.74) is -6.94. The molecule has 4 aliphatic rings. The average Bonchev–Trinajstić information content (AvgIpc) is 3.61. The van der Waals surface area contributed by atoms with Gasteiger partial charge in [-0.25, -0.2) is 18.8 Å². The van der Waals surface area contributed by atoms with Crippen LogP contribution in [0.2, 0.25) is 0 Å². The molecule has 17 heteroatoms. The van der Waals surface area contributed by atoms with E-state index in [0.29, 0.717) is 17.7 Å². The molecule has 64 heavy (non-hydrogen) atoms. The van der Waals surface area contributed by atoms with Crippen LogP contribution in [0.4, 0.5) is 9.18 Å².